The van der Waals surface area contributed by atoms with E-state index in [9.17, 15) is 4.79 Å². The topological polar surface area (TPSA) is 29.5 Å². The Hall–Kier alpha value is -1.19. The predicted molar refractivity (Wildman–Crippen MR) is 81.4 cm³/mol. The molecule has 1 aliphatic heterocycles. The molecular formula is C17H25NO2. The summed E-state index contributed by atoms with van der Waals surface area (Å²) in [5.74, 6) is 0.825. The van der Waals surface area contributed by atoms with Crippen LogP contribution >= 0.6 is 0 Å². The summed E-state index contributed by atoms with van der Waals surface area (Å²) in [5.41, 5.74) is 4.32. The van der Waals surface area contributed by atoms with Crippen molar-refractivity contribution >= 4 is 5.78 Å². The van der Waals surface area contributed by atoms with Gasteiger partial charge in [-0.05, 0) is 50.8 Å². The molecule has 3 nitrogen and oxygen atoms in total. The smallest absolute Gasteiger partial charge is 0.177 e. The van der Waals surface area contributed by atoms with E-state index < -0.39 is 0 Å². The molecule has 0 aliphatic carbocycles. The molecule has 1 heterocycles. The van der Waals surface area contributed by atoms with Crippen LogP contribution in [0, 0.1) is 26.7 Å². The molecule has 20 heavy (non-hydrogen) atoms. The number of aryl methyl sites for hydroxylation is 3. The Balaban J connectivity index is 2.03. The average Bonchev–Trinajstić information content (AvgIpc) is 2.75. The molecule has 1 aromatic carbocycles. The highest BCUT2D eigenvalue weighted by Crippen LogP contribution is 2.20. The van der Waals surface area contributed by atoms with Crippen molar-refractivity contribution in [2.24, 2.45) is 5.92 Å². The first-order valence-corrected chi connectivity index (χ1v) is 7.33. The highest BCUT2D eigenvalue weighted by Gasteiger charge is 2.25. The maximum absolute atomic E-state index is 12.5. The summed E-state index contributed by atoms with van der Waals surface area (Å²) < 4.78 is 5.20. The first-order valence-electron chi connectivity index (χ1n) is 7.33. The maximum Gasteiger partial charge on any atom is 0.177 e. The first kappa shape index (κ1) is 15.2. The fourth-order valence-corrected chi connectivity index (χ4v) is 3.33. The Bertz CT molecular complexity index is 473. The van der Waals surface area contributed by atoms with E-state index in [0.29, 0.717) is 12.5 Å². The van der Waals surface area contributed by atoms with Crippen LogP contribution in [-0.4, -0.2) is 44.0 Å². The number of ketones is 1. The Morgan fingerprint density at radius 3 is 2.55 bits per heavy atom. The standard InChI is InChI=1S/C17H25NO2/c1-12-7-13(2)17(14(3)8-12)16(19)10-18-6-5-15(9-18)11-20-4/h7-8,15H,5-6,9-11H2,1-4H3. The van der Waals surface area contributed by atoms with Crippen LogP contribution in [0.25, 0.3) is 0 Å². The lowest BCUT2D eigenvalue weighted by Crippen LogP contribution is -2.29. The minimum absolute atomic E-state index is 0.248. The number of Topliss-reactive ketones (excluding diaryl/α,β-unsaturated/α-hetero) is 1. The van der Waals surface area contributed by atoms with Crippen molar-refractivity contribution in [2.75, 3.05) is 33.4 Å². The van der Waals surface area contributed by atoms with E-state index in [1.54, 1.807) is 7.11 Å². The quantitative estimate of drug-likeness (QED) is 0.774. The van der Waals surface area contributed by atoms with E-state index >= 15 is 0 Å². The van der Waals surface area contributed by atoms with E-state index in [-0.39, 0.29) is 5.78 Å². The van der Waals surface area contributed by atoms with Crippen LogP contribution in [0.2, 0.25) is 0 Å². The zero-order chi connectivity index (χ0) is 14.7. The molecule has 0 radical (unpaired) electrons. The lowest BCUT2D eigenvalue weighted by Gasteiger charge is -2.17. The summed E-state index contributed by atoms with van der Waals surface area (Å²) in [6.45, 7) is 9.45. The van der Waals surface area contributed by atoms with E-state index in [4.69, 9.17) is 4.74 Å². The molecule has 110 valence electrons. The van der Waals surface area contributed by atoms with Crippen LogP contribution in [-0.2, 0) is 4.74 Å². The number of methoxy groups -OCH3 is 1. The Labute approximate surface area is 121 Å². The van der Waals surface area contributed by atoms with Gasteiger partial charge in [0.1, 0.15) is 0 Å². The maximum atomic E-state index is 12.5. The van der Waals surface area contributed by atoms with Gasteiger partial charge >= 0.3 is 0 Å². The Morgan fingerprint density at radius 1 is 1.30 bits per heavy atom. The van der Waals surface area contributed by atoms with E-state index in [1.807, 2.05) is 13.8 Å². The van der Waals surface area contributed by atoms with E-state index in [2.05, 4.69) is 24.0 Å². The summed E-state index contributed by atoms with van der Waals surface area (Å²) >= 11 is 0. The number of carbonyl (C=O) groups is 1. The fourth-order valence-electron chi connectivity index (χ4n) is 3.33. The molecule has 0 spiro atoms. The number of nitrogens with zero attached hydrogens (tertiary/aromatic N) is 1. The second kappa shape index (κ2) is 6.51. The number of rotatable bonds is 5. The number of hydrogen-bond donors (Lipinski definition) is 0. The normalized spacial score (nSPS) is 19.5. The minimum Gasteiger partial charge on any atom is -0.384 e. The average molecular weight is 275 g/mol. The van der Waals surface area contributed by atoms with Gasteiger partial charge in [0.05, 0.1) is 13.2 Å². The second-order valence-electron chi connectivity index (χ2n) is 6.04. The van der Waals surface area contributed by atoms with Crippen LogP contribution in [0.15, 0.2) is 12.1 Å². The van der Waals surface area contributed by atoms with Crippen molar-refractivity contribution in [3.05, 3.63) is 34.4 Å². The number of hydrogen-bond acceptors (Lipinski definition) is 3. The highest BCUT2D eigenvalue weighted by molar-refractivity contribution is 6.00. The second-order valence-corrected chi connectivity index (χ2v) is 6.04. The van der Waals surface area contributed by atoms with Crippen molar-refractivity contribution in [2.45, 2.75) is 27.2 Å². The third-order valence-corrected chi connectivity index (χ3v) is 4.10. The van der Waals surface area contributed by atoms with Gasteiger partial charge in [-0.15, -0.1) is 0 Å². The van der Waals surface area contributed by atoms with Gasteiger partial charge in [0.2, 0.25) is 0 Å². The van der Waals surface area contributed by atoms with Gasteiger partial charge in [0, 0.05) is 19.2 Å². The van der Waals surface area contributed by atoms with Crippen LogP contribution in [0.3, 0.4) is 0 Å². The van der Waals surface area contributed by atoms with Crippen LogP contribution in [0.1, 0.15) is 33.5 Å². The molecule has 0 saturated carbocycles. The van der Waals surface area contributed by atoms with Crippen LogP contribution in [0.4, 0.5) is 0 Å². The predicted octanol–water partition coefficient (Wildman–Crippen LogP) is 2.76. The molecule has 0 N–H and O–H groups in total. The summed E-state index contributed by atoms with van der Waals surface area (Å²) in [6.07, 6.45) is 1.13. The number of carbonyl (C=O) groups excluding carboxylic acids is 1. The van der Waals surface area contributed by atoms with Crippen molar-refractivity contribution in [3.63, 3.8) is 0 Å². The lowest BCUT2D eigenvalue weighted by atomic mass is 9.96. The fraction of sp³-hybridized carbons (Fsp3) is 0.588. The van der Waals surface area contributed by atoms with Gasteiger partial charge in [0.25, 0.3) is 0 Å². The molecule has 1 atom stereocenters. The Morgan fingerprint density at radius 2 is 1.95 bits per heavy atom. The van der Waals surface area contributed by atoms with Crippen molar-refractivity contribution in [1.29, 1.82) is 0 Å². The molecule has 3 heteroatoms. The number of ether oxygens (including phenoxy) is 1. The van der Waals surface area contributed by atoms with E-state index in [0.717, 1.165) is 42.8 Å². The van der Waals surface area contributed by atoms with Crippen molar-refractivity contribution in [1.82, 2.24) is 4.90 Å². The van der Waals surface area contributed by atoms with Gasteiger partial charge in [-0.25, -0.2) is 0 Å². The third kappa shape index (κ3) is 3.47. The monoisotopic (exact) mass is 275 g/mol. The van der Waals surface area contributed by atoms with Gasteiger partial charge < -0.3 is 4.74 Å². The summed E-state index contributed by atoms with van der Waals surface area (Å²) in [4.78, 5) is 14.8. The van der Waals surface area contributed by atoms with Gasteiger partial charge in [-0.3, -0.25) is 9.69 Å². The summed E-state index contributed by atoms with van der Waals surface area (Å²) in [5, 5.41) is 0. The molecule has 1 unspecified atom stereocenters. The molecule has 2 rings (SSSR count). The third-order valence-electron chi connectivity index (χ3n) is 4.10. The van der Waals surface area contributed by atoms with Gasteiger partial charge in [-0.2, -0.15) is 0 Å². The molecule has 1 saturated heterocycles. The molecule has 0 aromatic heterocycles. The van der Waals surface area contributed by atoms with Crippen LogP contribution < -0.4 is 0 Å². The molecule has 1 aromatic rings. The Kier molecular flexibility index (Phi) is 4.95. The van der Waals surface area contributed by atoms with Crippen LogP contribution in [0.5, 0.6) is 0 Å². The van der Waals surface area contributed by atoms with Gasteiger partial charge in [0.15, 0.2) is 5.78 Å². The summed E-state index contributed by atoms with van der Waals surface area (Å²) in [6, 6.07) is 4.19. The zero-order valence-electron chi connectivity index (χ0n) is 13.0. The van der Waals surface area contributed by atoms with Gasteiger partial charge in [-0.1, -0.05) is 17.7 Å². The largest absolute Gasteiger partial charge is 0.384 e. The van der Waals surface area contributed by atoms with Crippen molar-refractivity contribution < 1.29 is 9.53 Å². The lowest BCUT2D eigenvalue weighted by molar-refractivity contribution is 0.0935. The molecule has 0 bridgehead atoms. The molecular weight excluding hydrogens is 250 g/mol. The minimum atomic E-state index is 0.248. The zero-order valence-corrected chi connectivity index (χ0v) is 13.0. The summed E-state index contributed by atoms with van der Waals surface area (Å²) in [7, 11) is 1.74. The van der Waals surface area contributed by atoms with E-state index in [1.165, 1.54) is 5.56 Å². The SMILES string of the molecule is COCC1CCN(CC(=O)c2c(C)cc(C)cc2C)C1. The molecule has 1 fully saturated rings. The number of likely N-dealkylation sites (tertiary alicyclic amines) is 1. The highest BCUT2D eigenvalue weighted by atomic mass is 16.5. The molecule has 0 amide bonds. The van der Waals surface area contributed by atoms with Crippen molar-refractivity contribution in [3.8, 4) is 0 Å². The first-order chi connectivity index (χ1) is 9.51. The number of benzene rings is 1. The molecule has 1 aliphatic rings.